The van der Waals surface area contributed by atoms with Crippen molar-refractivity contribution in [3.63, 3.8) is 0 Å². The SMILES string of the molecule is CCCCc1ccc(/C=N/N=C/c2ccc(NC)cc2)cc1. The standard InChI is InChI=1S/C19H23N3/c1-3-4-5-16-6-8-17(9-7-16)14-21-22-15-18-10-12-19(20-2)13-11-18/h6-15,20H,3-5H2,1-2H3/b21-14+,22-15+. The van der Waals surface area contributed by atoms with Crippen LogP contribution in [0.2, 0.25) is 0 Å². The van der Waals surface area contributed by atoms with Crippen molar-refractivity contribution in [1.29, 1.82) is 0 Å². The largest absolute Gasteiger partial charge is 0.388 e. The van der Waals surface area contributed by atoms with Gasteiger partial charge < -0.3 is 5.32 Å². The summed E-state index contributed by atoms with van der Waals surface area (Å²) in [5.74, 6) is 0. The Hall–Kier alpha value is -2.42. The number of aryl methyl sites for hydroxylation is 1. The molecule has 0 saturated carbocycles. The number of unbranched alkanes of at least 4 members (excludes halogenated alkanes) is 1. The lowest BCUT2D eigenvalue weighted by Crippen LogP contribution is -1.88. The maximum atomic E-state index is 4.10. The van der Waals surface area contributed by atoms with E-state index < -0.39 is 0 Å². The minimum Gasteiger partial charge on any atom is -0.388 e. The second kappa shape index (κ2) is 8.78. The van der Waals surface area contributed by atoms with Gasteiger partial charge in [-0.2, -0.15) is 10.2 Å². The van der Waals surface area contributed by atoms with E-state index in [1.807, 2.05) is 31.3 Å². The molecule has 0 radical (unpaired) electrons. The summed E-state index contributed by atoms with van der Waals surface area (Å²) >= 11 is 0. The maximum Gasteiger partial charge on any atom is 0.0568 e. The predicted octanol–water partition coefficient (Wildman–Crippen LogP) is 4.52. The Balaban J connectivity index is 1.89. The van der Waals surface area contributed by atoms with Crippen molar-refractivity contribution in [2.75, 3.05) is 12.4 Å². The molecule has 0 aliphatic carbocycles. The minimum absolute atomic E-state index is 1.03. The van der Waals surface area contributed by atoms with E-state index in [2.05, 4.69) is 46.7 Å². The highest BCUT2D eigenvalue weighted by atomic mass is 15.2. The molecule has 0 aromatic heterocycles. The molecule has 2 rings (SSSR count). The van der Waals surface area contributed by atoms with Crippen LogP contribution in [0.5, 0.6) is 0 Å². The highest BCUT2D eigenvalue weighted by molar-refractivity contribution is 5.83. The van der Waals surface area contributed by atoms with E-state index in [4.69, 9.17) is 0 Å². The number of hydrogen-bond donors (Lipinski definition) is 1. The first kappa shape index (κ1) is 16.0. The Morgan fingerprint density at radius 2 is 1.41 bits per heavy atom. The maximum absolute atomic E-state index is 4.10. The zero-order valence-electron chi connectivity index (χ0n) is 13.3. The van der Waals surface area contributed by atoms with Crippen LogP contribution in [0.1, 0.15) is 36.5 Å². The molecular formula is C19H23N3. The van der Waals surface area contributed by atoms with Gasteiger partial charge >= 0.3 is 0 Å². The summed E-state index contributed by atoms with van der Waals surface area (Å²) in [6.45, 7) is 2.21. The molecule has 0 atom stereocenters. The molecule has 0 saturated heterocycles. The van der Waals surface area contributed by atoms with Gasteiger partial charge in [-0.3, -0.25) is 0 Å². The summed E-state index contributed by atoms with van der Waals surface area (Å²) in [5, 5.41) is 11.3. The minimum atomic E-state index is 1.03. The lowest BCUT2D eigenvalue weighted by molar-refractivity contribution is 0.795. The summed E-state index contributed by atoms with van der Waals surface area (Å²) in [7, 11) is 1.90. The first-order chi connectivity index (χ1) is 10.8. The van der Waals surface area contributed by atoms with E-state index in [0.717, 1.165) is 23.2 Å². The zero-order valence-corrected chi connectivity index (χ0v) is 13.3. The number of anilines is 1. The van der Waals surface area contributed by atoms with Gasteiger partial charge in [-0.05, 0) is 41.7 Å². The molecular weight excluding hydrogens is 270 g/mol. The summed E-state index contributed by atoms with van der Waals surface area (Å²) in [6.07, 6.45) is 7.15. The van der Waals surface area contributed by atoms with Gasteiger partial charge in [-0.15, -0.1) is 0 Å². The van der Waals surface area contributed by atoms with Crippen molar-refractivity contribution >= 4 is 18.1 Å². The smallest absolute Gasteiger partial charge is 0.0568 e. The van der Waals surface area contributed by atoms with E-state index in [-0.39, 0.29) is 0 Å². The van der Waals surface area contributed by atoms with Crippen LogP contribution < -0.4 is 5.32 Å². The van der Waals surface area contributed by atoms with Crippen LogP contribution in [-0.2, 0) is 6.42 Å². The van der Waals surface area contributed by atoms with Crippen LogP contribution in [0, 0.1) is 0 Å². The molecule has 0 heterocycles. The molecule has 3 nitrogen and oxygen atoms in total. The van der Waals surface area contributed by atoms with Crippen LogP contribution >= 0.6 is 0 Å². The average Bonchev–Trinajstić information content (AvgIpc) is 2.58. The highest BCUT2D eigenvalue weighted by Crippen LogP contribution is 2.08. The summed E-state index contributed by atoms with van der Waals surface area (Å²) in [6, 6.07) is 16.5. The van der Waals surface area contributed by atoms with Crippen LogP contribution in [0.4, 0.5) is 5.69 Å². The Morgan fingerprint density at radius 1 is 0.864 bits per heavy atom. The van der Waals surface area contributed by atoms with Crippen molar-refractivity contribution in [3.8, 4) is 0 Å². The molecule has 0 aliphatic rings. The molecule has 114 valence electrons. The normalized spacial score (nSPS) is 11.4. The van der Waals surface area contributed by atoms with E-state index in [1.165, 1.54) is 18.4 Å². The molecule has 0 unspecified atom stereocenters. The Bertz CT molecular complexity index is 610. The lowest BCUT2D eigenvalue weighted by atomic mass is 10.1. The number of nitrogens with one attached hydrogen (secondary N) is 1. The Kier molecular flexibility index (Phi) is 6.37. The van der Waals surface area contributed by atoms with Crippen LogP contribution in [0.3, 0.4) is 0 Å². The summed E-state index contributed by atoms with van der Waals surface area (Å²) in [4.78, 5) is 0. The molecule has 1 N–H and O–H groups in total. The van der Waals surface area contributed by atoms with Crippen LogP contribution in [0.15, 0.2) is 58.7 Å². The molecule has 2 aromatic carbocycles. The van der Waals surface area contributed by atoms with Gasteiger partial charge in [0.25, 0.3) is 0 Å². The van der Waals surface area contributed by atoms with Gasteiger partial charge in [-0.25, -0.2) is 0 Å². The first-order valence-electron chi connectivity index (χ1n) is 7.75. The predicted molar refractivity (Wildman–Crippen MR) is 96.2 cm³/mol. The molecule has 2 aromatic rings. The van der Waals surface area contributed by atoms with Crippen molar-refractivity contribution < 1.29 is 0 Å². The van der Waals surface area contributed by atoms with Gasteiger partial charge in [0.2, 0.25) is 0 Å². The molecule has 0 aliphatic heterocycles. The number of benzene rings is 2. The summed E-state index contributed by atoms with van der Waals surface area (Å²) < 4.78 is 0. The zero-order chi connectivity index (χ0) is 15.6. The molecule has 0 bridgehead atoms. The van der Waals surface area contributed by atoms with Crippen LogP contribution in [0.25, 0.3) is 0 Å². The van der Waals surface area contributed by atoms with Crippen molar-refractivity contribution in [1.82, 2.24) is 0 Å². The first-order valence-corrected chi connectivity index (χ1v) is 7.75. The molecule has 22 heavy (non-hydrogen) atoms. The number of hydrogen-bond acceptors (Lipinski definition) is 3. The monoisotopic (exact) mass is 293 g/mol. The van der Waals surface area contributed by atoms with Crippen molar-refractivity contribution in [2.45, 2.75) is 26.2 Å². The molecule has 0 amide bonds. The van der Waals surface area contributed by atoms with E-state index >= 15 is 0 Å². The second-order valence-electron chi connectivity index (χ2n) is 5.21. The van der Waals surface area contributed by atoms with Crippen molar-refractivity contribution in [2.24, 2.45) is 10.2 Å². The number of rotatable bonds is 7. The van der Waals surface area contributed by atoms with E-state index in [9.17, 15) is 0 Å². The third-order valence-electron chi connectivity index (χ3n) is 3.48. The van der Waals surface area contributed by atoms with Gasteiger partial charge in [0, 0.05) is 12.7 Å². The Morgan fingerprint density at radius 3 is 1.91 bits per heavy atom. The molecule has 3 heteroatoms. The fraction of sp³-hybridized carbons (Fsp3) is 0.263. The fourth-order valence-electron chi connectivity index (χ4n) is 2.09. The van der Waals surface area contributed by atoms with E-state index in [0.29, 0.717) is 0 Å². The summed E-state index contributed by atoms with van der Waals surface area (Å²) in [5.41, 5.74) is 4.57. The molecule has 0 fully saturated rings. The van der Waals surface area contributed by atoms with Crippen molar-refractivity contribution in [3.05, 3.63) is 65.2 Å². The number of nitrogens with zero attached hydrogens (tertiary/aromatic N) is 2. The van der Waals surface area contributed by atoms with Gasteiger partial charge in [0.1, 0.15) is 0 Å². The van der Waals surface area contributed by atoms with Crippen LogP contribution in [-0.4, -0.2) is 19.5 Å². The lowest BCUT2D eigenvalue weighted by Gasteiger charge is -1.99. The van der Waals surface area contributed by atoms with Gasteiger partial charge in [-0.1, -0.05) is 49.7 Å². The second-order valence-corrected chi connectivity index (χ2v) is 5.21. The third-order valence-corrected chi connectivity index (χ3v) is 3.48. The fourth-order valence-corrected chi connectivity index (χ4v) is 2.09. The van der Waals surface area contributed by atoms with Gasteiger partial charge in [0.05, 0.1) is 12.4 Å². The molecule has 0 spiro atoms. The third kappa shape index (κ3) is 5.17. The quantitative estimate of drug-likeness (QED) is 0.591. The van der Waals surface area contributed by atoms with Gasteiger partial charge in [0.15, 0.2) is 0 Å². The Labute approximate surface area is 132 Å². The van der Waals surface area contributed by atoms with E-state index in [1.54, 1.807) is 12.4 Å². The average molecular weight is 293 g/mol. The topological polar surface area (TPSA) is 36.8 Å². The highest BCUT2D eigenvalue weighted by Gasteiger charge is 1.92.